The van der Waals surface area contributed by atoms with Gasteiger partial charge in [0.05, 0.1) is 22.9 Å². The van der Waals surface area contributed by atoms with Gasteiger partial charge in [0.25, 0.3) is 0 Å². The maximum Gasteiger partial charge on any atom is 0.355 e. The molecule has 0 bridgehead atoms. The monoisotopic (exact) mass is 222 g/mol. The lowest BCUT2D eigenvalue weighted by atomic mass is 10.2. The summed E-state index contributed by atoms with van der Waals surface area (Å²) in [4.78, 5) is 11.1. The van der Waals surface area contributed by atoms with Crippen molar-refractivity contribution in [2.24, 2.45) is 0 Å². The first-order valence-electron chi connectivity index (χ1n) is 3.12. The number of halogens is 2. The molecule has 0 atom stereocenters. The zero-order valence-electron chi connectivity index (χ0n) is 5.92. The fraction of sp³-hybridized carbons (Fsp3) is 0. The van der Waals surface area contributed by atoms with E-state index in [2.05, 4.69) is 12.8 Å². The highest BCUT2D eigenvalue weighted by Gasteiger charge is 2.14. The molecule has 2 N–H and O–H groups in total. The maximum atomic E-state index is 11.1. The number of primary amides is 1. The van der Waals surface area contributed by atoms with Gasteiger partial charge in [-0.05, 0) is 12.1 Å². The van der Waals surface area contributed by atoms with Crippen LogP contribution in [-0.4, -0.2) is 5.91 Å². The number of thiol groups is 1. The van der Waals surface area contributed by atoms with Gasteiger partial charge in [-0.15, -0.1) is 0 Å². The molecule has 0 aliphatic carbocycles. The molecule has 0 fully saturated rings. The van der Waals surface area contributed by atoms with Crippen molar-refractivity contribution in [2.45, 2.75) is 0 Å². The van der Waals surface area contributed by atoms with Crippen molar-refractivity contribution in [3.63, 3.8) is 0 Å². The van der Waals surface area contributed by atoms with Crippen molar-refractivity contribution >= 4 is 41.9 Å². The van der Waals surface area contributed by atoms with Gasteiger partial charge >= 0.3 is 5.91 Å². The van der Waals surface area contributed by atoms with E-state index in [4.69, 9.17) is 23.2 Å². The van der Waals surface area contributed by atoms with Gasteiger partial charge in [-0.2, -0.15) is 0 Å². The summed E-state index contributed by atoms with van der Waals surface area (Å²) in [7, 11) is 0. The van der Waals surface area contributed by atoms with E-state index < -0.39 is 0 Å². The van der Waals surface area contributed by atoms with Gasteiger partial charge < -0.3 is 0 Å². The largest absolute Gasteiger partial charge is 0.355 e. The molecule has 64 valence electrons. The molecule has 1 rings (SSSR count). The van der Waals surface area contributed by atoms with E-state index in [9.17, 15) is 4.79 Å². The van der Waals surface area contributed by atoms with Gasteiger partial charge in [0.1, 0.15) is 5.56 Å². The topological polar surface area (TPSA) is 33.7 Å². The van der Waals surface area contributed by atoms with E-state index in [1.807, 2.05) is 0 Å². The molecule has 0 aliphatic heterocycles. The van der Waals surface area contributed by atoms with Crippen LogP contribution < -0.4 is 4.72 Å². The summed E-state index contributed by atoms with van der Waals surface area (Å²) in [5.41, 5.74) is 0.374. The van der Waals surface area contributed by atoms with Crippen LogP contribution in [0.3, 0.4) is 0 Å². The lowest BCUT2D eigenvalue weighted by Gasteiger charge is -1.98. The molecule has 2 nitrogen and oxygen atoms in total. The number of carbonyl (C=O) groups excluding carboxylic acids is 1. The minimum absolute atomic E-state index is 0.245. The van der Waals surface area contributed by atoms with Crippen LogP contribution in [0.15, 0.2) is 18.2 Å². The van der Waals surface area contributed by atoms with E-state index in [-0.39, 0.29) is 10.9 Å². The normalized spacial score (nSPS) is 9.92. The molecule has 0 saturated heterocycles. The van der Waals surface area contributed by atoms with Crippen LogP contribution in [0.2, 0.25) is 10.0 Å². The number of hydrogen-bond acceptors (Lipinski definition) is 2. The lowest BCUT2D eigenvalue weighted by Crippen LogP contribution is -2.77. The molecule has 0 radical (unpaired) electrons. The number of amides is 1. The van der Waals surface area contributed by atoms with Gasteiger partial charge in [-0.3, -0.25) is 0 Å². The Kier molecular flexibility index (Phi) is 3.40. The Morgan fingerprint density at radius 1 is 1.42 bits per heavy atom. The number of quaternary nitrogens is 1. The molecule has 0 spiro atoms. The van der Waals surface area contributed by atoms with E-state index >= 15 is 0 Å². The van der Waals surface area contributed by atoms with Crippen molar-refractivity contribution in [1.29, 1.82) is 0 Å². The molecule has 1 aromatic rings. The predicted octanol–water partition coefficient (Wildman–Crippen LogP) is 1.54. The second-order valence-corrected chi connectivity index (χ2v) is 3.14. The van der Waals surface area contributed by atoms with Crippen molar-refractivity contribution in [3.05, 3.63) is 33.8 Å². The number of nitrogens with two attached hydrogens (primary N) is 1. The molecule has 12 heavy (non-hydrogen) atoms. The SMILES string of the molecule is O=C([NH2+]S)c1cccc(Cl)c1Cl. The van der Waals surface area contributed by atoms with Crippen LogP contribution in [0.5, 0.6) is 0 Å². The standard InChI is InChI=1S/C7H5Cl2NOS/c8-5-3-1-2-4(6(5)9)7(11)10-12/h1-3,12H,(H,10,11)/p+1. The first kappa shape index (κ1) is 9.86. The third-order valence-electron chi connectivity index (χ3n) is 1.33. The minimum Gasteiger partial charge on any atom is -0.225 e. The van der Waals surface area contributed by atoms with Crippen LogP contribution in [0, 0.1) is 0 Å². The predicted molar refractivity (Wildman–Crippen MR) is 51.7 cm³/mol. The summed E-state index contributed by atoms with van der Waals surface area (Å²) in [6.07, 6.45) is 0. The Labute approximate surface area is 85.4 Å². The van der Waals surface area contributed by atoms with Crippen molar-refractivity contribution in [1.82, 2.24) is 0 Å². The summed E-state index contributed by atoms with van der Waals surface area (Å²) < 4.78 is 1.15. The van der Waals surface area contributed by atoms with Crippen molar-refractivity contribution in [3.8, 4) is 0 Å². The van der Waals surface area contributed by atoms with Crippen molar-refractivity contribution in [2.75, 3.05) is 0 Å². The second-order valence-electron chi connectivity index (χ2n) is 2.09. The molecule has 1 amide bonds. The lowest BCUT2D eigenvalue weighted by molar-refractivity contribution is -0.362. The molecule has 1 aromatic carbocycles. The molecular formula is C7H6Cl2NOS+. The minimum atomic E-state index is -0.245. The van der Waals surface area contributed by atoms with E-state index in [0.717, 1.165) is 4.72 Å². The number of hydrogen-bond donors (Lipinski definition) is 2. The summed E-state index contributed by atoms with van der Waals surface area (Å²) in [5.74, 6) is -0.245. The van der Waals surface area contributed by atoms with Crippen LogP contribution in [-0.2, 0) is 0 Å². The highest BCUT2D eigenvalue weighted by molar-refractivity contribution is 7.73. The Morgan fingerprint density at radius 3 is 2.67 bits per heavy atom. The second kappa shape index (κ2) is 4.14. The number of carbonyl (C=O) groups is 1. The van der Waals surface area contributed by atoms with Gasteiger partial charge in [0, 0.05) is 0 Å². The zero-order chi connectivity index (χ0) is 9.14. The fourth-order valence-electron chi connectivity index (χ4n) is 0.764. The number of rotatable bonds is 1. The first-order valence-corrected chi connectivity index (χ1v) is 4.40. The number of benzene rings is 1. The van der Waals surface area contributed by atoms with Gasteiger partial charge in [0.2, 0.25) is 0 Å². The van der Waals surface area contributed by atoms with Crippen LogP contribution >= 0.6 is 36.0 Å². The summed E-state index contributed by atoms with van der Waals surface area (Å²) in [5, 5.41) is 0.646. The Morgan fingerprint density at radius 2 is 2.08 bits per heavy atom. The Hall–Kier alpha value is -0.220. The first-order chi connectivity index (χ1) is 5.66. The van der Waals surface area contributed by atoms with E-state index in [0.29, 0.717) is 10.6 Å². The summed E-state index contributed by atoms with van der Waals surface area (Å²) >= 11 is 15.2. The van der Waals surface area contributed by atoms with Gasteiger partial charge in [0.15, 0.2) is 0 Å². The molecular weight excluding hydrogens is 217 g/mol. The highest BCUT2D eigenvalue weighted by Crippen LogP contribution is 2.24. The summed E-state index contributed by atoms with van der Waals surface area (Å²) in [6.45, 7) is 0. The van der Waals surface area contributed by atoms with Gasteiger partial charge in [-0.25, -0.2) is 9.52 Å². The highest BCUT2D eigenvalue weighted by atomic mass is 35.5. The maximum absolute atomic E-state index is 11.1. The summed E-state index contributed by atoms with van der Waals surface area (Å²) in [6, 6.07) is 4.89. The van der Waals surface area contributed by atoms with Crippen LogP contribution in [0.4, 0.5) is 0 Å². The van der Waals surface area contributed by atoms with Crippen LogP contribution in [0.1, 0.15) is 10.4 Å². The molecule has 0 heterocycles. The Bertz CT molecular complexity index is 316. The van der Waals surface area contributed by atoms with E-state index in [1.54, 1.807) is 18.2 Å². The molecule has 5 heteroatoms. The van der Waals surface area contributed by atoms with E-state index in [1.165, 1.54) is 0 Å². The average molecular weight is 223 g/mol. The molecule has 0 aliphatic rings. The van der Waals surface area contributed by atoms with Crippen LogP contribution in [0.25, 0.3) is 0 Å². The zero-order valence-corrected chi connectivity index (χ0v) is 8.33. The molecule has 0 unspecified atom stereocenters. The Balaban J connectivity index is 3.16. The fourth-order valence-corrected chi connectivity index (χ4v) is 1.30. The smallest absolute Gasteiger partial charge is 0.225 e. The third kappa shape index (κ3) is 1.93. The molecule has 0 saturated carbocycles. The van der Waals surface area contributed by atoms with Gasteiger partial charge in [-0.1, -0.05) is 29.3 Å². The average Bonchev–Trinajstić information content (AvgIpc) is 2.08. The van der Waals surface area contributed by atoms with Crippen molar-refractivity contribution < 1.29 is 9.52 Å². The third-order valence-corrected chi connectivity index (χ3v) is 2.39. The molecule has 0 aromatic heterocycles. The quantitative estimate of drug-likeness (QED) is 0.695.